The Bertz CT molecular complexity index is 224. The maximum absolute atomic E-state index is 6.09. The summed E-state index contributed by atoms with van der Waals surface area (Å²) < 4.78 is 11.2. The van der Waals surface area contributed by atoms with Gasteiger partial charge in [-0.3, -0.25) is 4.90 Å². The number of likely N-dealkylation sites (N-methyl/N-ethyl adjacent to an activating group) is 1. The first-order valence-electron chi connectivity index (χ1n) is 7.17. The largest absolute Gasteiger partial charge is 0.381 e. The van der Waals surface area contributed by atoms with E-state index in [1.807, 2.05) is 0 Å². The van der Waals surface area contributed by atoms with Crippen LogP contribution < -0.4 is 5.73 Å². The van der Waals surface area contributed by atoms with E-state index < -0.39 is 0 Å². The van der Waals surface area contributed by atoms with Crippen LogP contribution in [0.25, 0.3) is 0 Å². The molecule has 2 N–H and O–H groups in total. The van der Waals surface area contributed by atoms with E-state index in [-0.39, 0.29) is 5.54 Å². The van der Waals surface area contributed by atoms with E-state index in [2.05, 4.69) is 32.7 Å². The van der Waals surface area contributed by atoms with Crippen LogP contribution in [0.3, 0.4) is 0 Å². The van der Waals surface area contributed by atoms with Crippen molar-refractivity contribution in [1.82, 2.24) is 4.90 Å². The van der Waals surface area contributed by atoms with Crippen LogP contribution in [0, 0.1) is 5.92 Å². The van der Waals surface area contributed by atoms with Gasteiger partial charge in [-0.1, -0.05) is 6.92 Å². The molecule has 108 valence electrons. The summed E-state index contributed by atoms with van der Waals surface area (Å²) in [5.41, 5.74) is 6.16. The van der Waals surface area contributed by atoms with Crippen molar-refractivity contribution in [1.29, 1.82) is 0 Å². The molecule has 2 unspecified atom stereocenters. The van der Waals surface area contributed by atoms with Crippen molar-refractivity contribution in [3.8, 4) is 0 Å². The van der Waals surface area contributed by atoms with E-state index in [9.17, 15) is 0 Å². The minimum Gasteiger partial charge on any atom is -0.381 e. The number of nitrogens with zero attached hydrogens (tertiary/aromatic N) is 1. The van der Waals surface area contributed by atoms with Crippen molar-refractivity contribution in [2.24, 2.45) is 11.7 Å². The third-order valence-corrected chi connectivity index (χ3v) is 4.29. The SMILES string of the molecule is CCC(CN)(C1CCOC1)N(C)CCOC(C)C. The minimum absolute atomic E-state index is 0.0663. The van der Waals surface area contributed by atoms with E-state index in [4.69, 9.17) is 15.2 Å². The lowest BCUT2D eigenvalue weighted by Crippen LogP contribution is -2.58. The van der Waals surface area contributed by atoms with Crippen LogP contribution in [0.4, 0.5) is 0 Å². The van der Waals surface area contributed by atoms with Gasteiger partial charge < -0.3 is 15.2 Å². The van der Waals surface area contributed by atoms with Crippen molar-refractivity contribution >= 4 is 0 Å². The van der Waals surface area contributed by atoms with Crippen LogP contribution in [-0.2, 0) is 9.47 Å². The molecule has 0 aliphatic carbocycles. The van der Waals surface area contributed by atoms with Gasteiger partial charge in [0.05, 0.1) is 19.3 Å². The molecule has 0 amide bonds. The van der Waals surface area contributed by atoms with Gasteiger partial charge in [-0.25, -0.2) is 0 Å². The Labute approximate surface area is 112 Å². The zero-order chi connectivity index (χ0) is 13.6. The van der Waals surface area contributed by atoms with Gasteiger partial charge in [-0.15, -0.1) is 0 Å². The molecule has 0 aromatic carbocycles. The number of hydrogen-bond donors (Lipinski definition) is 1. The molecular weight excluding hydrogens is 228 g/mol. The van der Waals surface area contributed by atoms with E-state index in [1.54, 1.807) is 0 Å². The Morgan fingerprint density at radius 2 is 2.22 bits per heavy atom. The molecule has 0 aromatic heterocycles. The number of hydrogen-bond acceptors (Lipinski definition) is 4. The van der Waals surface area contributed by atoms with Crippen molar-refractivity contribution in [3.63, 3.8) is 0 Å². The molecule has 4 heteroatoms. The molecule has 0 radical (unpaired) electrons. The molecule has 2 atom stereocenters. The average molecular weight is 258 g/mol. The topological polar surface area (TPSA) is 47.7 Å². The van der Waals surface area contributed by atoms with Crippen LogP contribution in [0.2, 0.25) is 0 Å². The Kier molecular flexibility index (Phi) is 6.57. The van der Waals surface area contributed by atoms with Crippen LogP contribution in [0.15, 0.2) is 0 Å². The predicted octanol–water partition coefficient (Wildman–Crippen LogP) is 1.49. The highest BCUT2D eigenvalue weighted by Crippen LogP contribution is 2.32. The van der Waals surface area contributed by atoms with E-state index >= 15 is 0 Å². The number of ether oxygens (including phenoxy) is 2. The highest BCUT2D eigenvalue weighted by Gasteiger charge is 2.41. The molecule has 1 aliphatic rings. The second-order valence-corrected chi connectivity index (χ2v) is 5.56. The molecular formula is C14H30N2O2. The molecule has 1 heterocycles. The van der Waals surface area contributed by atoms with Gasteiger partial charge in [0.2, 0.25) is 0 Å². The third kappa shape index (κ3) is 3.67. The minimum atomic E-state index is 0.0663. The molecule has 1 saturated heterocycles. The quantitative estimate of drug-likeness (QED) is 0.716. The molecule has 0 saturated carbocycles. The monoisotopic (exact) mass is 258 g/mol. The van der Waals surface area contributed by atoms with Crippen molar-refractivity contribution in [2.45, 2.75) is 45.3 Å². The maximum atomic E-state index is 6.09. The summed E-state index contributed by atoms with van der Waals surface area (Å²) in [7, 11) is 2.17. The van der Waals surface area contributed by atoms with Gasteiger partial charge in [-0.05, 0) is 33.7 Å². The Morgan fingerprint density at radius 3 is 2.67 bits per heavy atom. The van der Waals surface area contributed by atoms with Crippen molar-refractivity contribution in [3.05, 3.63) is 0 Å². The Hall–Kier alpha value is -0.160. The predicted molar refractivity (Wildman–Crippen MR) is 74.7 cm³/mol. The van der Waals surface area contributed by atoms with E-state index in [0.29, 0.717) is 18.6 Å². The number of rotatable bonds is 8. The van der Waals surface area contributed by atoms with E-state index in [1.165, 1.54) is 0 Å². The van der Waals surface area contributed by atoms with Gasteiger partial charge in [-0.2, -0.15) is 0 Å². The van der Waals surface area contributed by atoms with Crippen molar-refractivity contribution < 1.29 is 9.47 Å². The highest BCUT2D eigenvalue weighted by molar-refractivity contribution is 4.97. The lowest BCUT2D eigenvalue weighted by atomic mass is 9.79. The molecule has 1 fully saturated rings. The summed E-state index contributed by atoms with van der Waals surface area (Å²) >= 11 is 0. The standard InChI is InChI=1S/C14H30N2O2/c1-5-14(11-15,13-6-8-17-10-13)16(4)7-9-18-12(2)3/h12-13H,5-11,15H2,1-4H3. The molecule has 1 aliphatic heterocycles. The fraction of sp³-hybridized carbons (Fsp3) is 1.00. The zero-order valence-corrected chi connectivity index (χ0v) is 12.4. The second-order valence-electron chi connectivity index (χ2n) is 5.56. The van der Waals surface area contributed by atoms with Crippen LogP contribution in [-0.4, -0.2) is 56.5 Å². The zero-order valence-electron chi connectivity index (χ0n) is 12.4. The fourth-order valence-corrected chi connectivity index (χ4v) is 2.94. The van der Waals surface area contributed by atoms with Crippen LogP contribution >= 0.6 is 0 Å². The first kappa shape index (κ1) is 15.9. The molecule has 4 nitrogen and oxygen atoms in total. The summed E-state index contributed by atoms with van der Waals surface area (Å²) in [4.78, 5) is 2.38. The fourth-order valence-electron chi connectivity index (χ4n) is 2.94. The maximum Gasteiger partial charge on any atom is 0.0597 e. The van der Waals surface area contributed by atoms with Crippen LogP contribution in [0.5, 0.6) is 0 Å². The Morgan fingerprint density at radius 1 is 1.50 bits per heavy atom. The summed E-state index contributed by atoms with van der Waals surface area (Å²) in [6, 6.07) is 0. The Balaban J connectivity index is 2.58. The first-order chi connectivity index (χ1) is 8.56. The lowest BCUT2D eigenvalue weighted by molar-refractivity contribution is 0.00679. The second kappa shape index (κ2) is 7.43. The smallest absolute Gasteiger partial charge is 0.0597 e. The number of nitrogens with two attached hydrogens (primary N) is 1. The molecule has 1 rings (SSSR count). The van der Waals surface area contributed by atoms with Crippen LogP contribution in [0.1, 0.15) is 33.6 Å². The summed E-state index contributed by atoms with van der Waals surface area (Å²) in [5.74, 6) is 0.552. The van der Waals surface area contributed by atoms with Crippen molar-refractivity contribution in [2.75, 3.05) is 40.0 Å². The summed E-state index contributed by atoms with van der Waals surface area (Å²) in [6.45, 7) is 10.5. The lowest BCUT2D eigenvalue weighted by Gasteiger charge is -2.45. The first-order valence-corrected chi connectivity index (χ1v) is 7.17. The van der Waals surface area contributed by atoms with Gasteiger partial charge in [0.15, 0.2) is 0 Å². The third-order valence-electron chi connectivity index (χ3n) is 4.29. The summed E-state index contributed by atoms with van der Waals surface area (Å²) in [6.07, 6.45) is 2.48. The molecule has 0 bridgehead atoms. The van der Waals surface area contributed by atoms with Gasteiger partial charge in [0.25, 0.3) is 0 Å². The summed E-state index contributed by atoms with van der Waals surface area (Å²) in [5, 5.41) is 0. The average Bonchev–Trinajstić information content (AvgIpc) is 2.85. The van der Waals surface area contributed by atoms with E-state index in [0.717, 1.165) is 39.2 Å². The van der Waals surface area contributed by atoms with Gasteiger partial charge in [0.1, 0.15) is 0 Å². The normalized spacial score (nSPS) is 23.8. The molecule has 18 heavy (non-hydrogen) atoms. The molecule has 0 spiro atoms. The highest BCUT2D eigenvalue weighted by atomic mass is 16.5. The van der Waals surface area contributed by atoms with Gasteiger partial charge in [0, 0.05) is 31.2 Å². The van der Waals surface area contributed by atoms with Gasteiger partial charge >= 0.3 is 0 Å². The molecule has 0 aromatic rings.